The van der Waals surface area contributed by atoms with Gasteiger partial charge in [-0.2, -0.15) is 0 Å². The summed E-state index contributed by atoms with van der Waals surface area (Å²) in [5.41, 5.74) is 4.48. The molecule has 3 nitrogen and oxygen atoms in total. The van der Waals surface area contributed by atoms with E-state index in [1.807, 2.05) is 36.4 Å². The smallest absolute Gasteiger partial charge is 0.196 e. The Labute approximate surface area is 168 Å². The van der Waals surface area contributed by atoms with Gasteiger partial charge in [0.2, 0.25) is 0 Å². The number of benzene rings is 3. The molecule has 1 aromatic heterocycles. The summed E-state index contributed by atoms with van der Waals surface area (Å²) in [6.07, 6.45) is 0. The molecule has 0 saturated carbocycles. The van der Waals surface area contributed by atoms with E-state index in [-0.39, 0.29) is 0 Å². The van der Waals surface area contributed by atoms with Crippen molar-refractivity contribution in [2.24, 2.45) is 0 Å². The van der Waals surface area contributed by atoms with Crippen LogP contribution in [-0.2, 0) is 5.75 Å². The molecule has 0 aliphatic heterocycles. The first kappa shape index (κ1) is 17.8. The maximum absolute atomic E-state index is 6.11. The summed E-state index contributed by atoms with van der Waals surface area (Å²) in [5, 5.41) is 10.6. The van der Waals surface area contributed by atoms with Gasteiger partial charge in [-0.1, -0.05) is 83.5 Å². The van der Waals surface area contributed by atoms with Crippen LogP contribution in [0.15, 0.2) is 84.0 Å². The lowest BCUT2D eigenvalue weighted by Gasteiger charge is -2.11. The van der Waals surface area contributed by atoms with Gasteiger partial charge in [-0.15, -0.1) is 10.2 Å². The first-order chi connectivity index (χ1) is 13.2. The molecule has 134 valence electrons. The van der Waals surface area contributed by atoms with E-state index in [4.69, 9.17) is 11.6 Å². The Hall–Kier alpha value is -2.56. The molecular weight excluding hydrogens is 374 g/mol. The van der Waals surface area contributed by atoms with Crippen molar-refractivity contribution >= 4 is 23.4 Å². The van der Waals surface area contributed by atoms with E-state index in [1.165, 1.54) is 5.56 Å². The Morgan fingerprint density at radius 3 is 2.41 bits per heavy atom. The minimum absolute atomic E-state index is 0.748. The molecule has 0 unspecified atom stereocenters. The SMILES string of the molecule is Cc1ccc(-n2c(SCc3cccc(Cl)c3)nnc2-c2ccccc2)cc1. The molecule has 0 saturated heterocycles. The Morgan fingerprint density at radius 2 is 1.67 bits per heavy atom. The first-order valence-corrected chi connectivity index (χ1v) is 10.0. The monoisotopic (exact) mass is 391 g/mol. The summed E-state index contributed by atoms with van der Waals surface area (Å²) in [5.74, 6) is 1.62. The lowest BCUT2D eigenvalue weighted by Crippen LogP contribution is -2.00. The van der Waals surface area contributed by atoms with Crippen molar-refractivity contribution in [2.45, 2.75) is 17.8 Å². The summed E-state index contributed by atoms with van der Waals surface area (Å²) in [6.45, 7) is 2.09. The molecule has 0 bridgehead atoms. The number of thioether (sulfide) groups is 1. The van der Waals surface area contributed by atoms with Crippen LogP contribution in [0.25, 0.3) is 17.1 Å². The lowest BCUT2D eigenvalue weighted by molar-refractivity contribution is 0.885. The third-order valence-corrected chi connectivity index (χ3v) is 5.45. The zero-order valence-electron chi connectivity index (χ0n) is 14.8. The van der Waals surface area contributed by atoms with Crippen molar-refractivity contribution in [3.8, 4) is 17.1 Å². The Balaban J connectivity index is 1.73. The highest BCUT2D eigenvalue weighted by Gasteiger charge is 2.16. The minimum atomic E-state index is 0.748. The minimum Gasteiger partial charge on any atom is -0.270 e. The van der Waals surface area contributed by atoms with Gasteiger partial charge in [0.05, 0.1) is 0 Å². The molecule has 0 aliphatic rings. The number of nitrogens with zero attached hydrogens (tertiary/aromatic N) is 3. The van der Waals surface area contributed by atoms with Gasteiger partial charge in [0.1, 0.15) is 0 Å². The van der Waals surface area contributed by atoms with Crippen molar-refractivity contribution in [2.75, 3.05) is 0 Å². The predicted octanol–water partition coefficient (Wildman–Crippen LogP) is 6.19. The second-order valence-corrected chi connectivity index (χ2v) is 7.64. The van der Waals surface area contributed by atoms with Gasteiger partial charge in [-0.3, -0.25) is 4.57 Å². The molecule has 5 heteroatoms. The van der Waals surface area contributed by atoms with Crippen LogP contribution in [-0.4, -0.2) is 14.8 Å². The van der Waals surface area contributed by atoms with E-state index in [1.54, 1.807) is 11.8 Å². The van der Waals surface area contributed by atoms with Crippen molar-refractivity contribution in [3.63, 3.8) is 0 Å². The molecule has 0 amide bonds. The molecule has 0 N–H and O–H groups in total. The summed E-state index contributed by atoms with van der Waals surface area (Å²) in [7, 11) is 0. The summed E-state index contributed by atoms with van der Waals surface area (Å²) >= 11 is 7.76. The van der Waals surface area contributed by atoms with Gasteiger partial charge >= 0.3 is 0 Å². The van der Waals surface area contributed by atoms with Crippen LogP contribution in [0.3, 0.4) is 0 Å². The number of aromatic nitrogens is 3. The zero-order chi connectivity index (χ0) is 18.6. The molecule has 0 atom stereocenters. The van der Waals surface area contributed by atoms with Gasteiger partial charge < -0.3 is 0 Å². The van der Waals surface area contributed by atoms with Crippen LogP contribution in [0.2, 0.25) is 5.02 Å². The van der Waals surface area contributed by atoms with Crippen LogP contribution in [0.1, 0.15) is 11.1 Å². The number of hydrogen-bond donors (Lipinski definition) is 0. The predicted molar refractivity (Wildman–Crippen MR) is 113 cm³/mol. The van der Waals surface area contributed by atoms with Crippen LogP contribution in [0.5, 0.6) is 0 Å². The molecule has 4 rings (SSSR count). The molecule has 0 radical (unpaired) electrons. The average molecular weight is 392 g/mol. The standard InChI is InChI=1S/C22H18ClN3S/c1-16-10-12-20(13-11-16)26-21(18-7-3-2-4-8-18)24-25-22(26)27-15-17-6-5-9-19(23)14-17/h2-14H,15H2,1H3. The van der Waals surface area contributed by atoms with E-state index in [9.17, 15) is 0 Å². The van der Waals surface area contributed by atoms with Gasteiger partial charge in [0.15, 0.2) is 11.0 Å². The summed E-state index contributed by atoms with van der Waals surface area (Å²) in [4.78, 5) is 0. The molecule has 4 aromatic rings. The fourth-order valence-corrected chi connectivity index (χ4v) is 3.95. The fourth-order valence-electron chi connectivity index (χ4n) is 2.84. The van der Waals surface area contributed by atoms with Gasteiger partial charge in [0, 0.05) is 22.0 Å². The highest BCUT2D eigenvalue weighted by Crippen LogP contribution is 2.30. The van der Waals surface area contributed by atoms with Gasteiger partial charge in [-0.05, 0) is 36.8 Å². The molecule has 27 heavy (non-hydrogen) atoms. The van der Waals surface area contributed by atoms with Crippen molar-refractivity contribution in [3.05, 3.63) is 95.0 Å². The van der Waals surface area contributed by atoms with Crippen LogP contribution in [0.4, 0.5) is 0 Å². The van der Waals surface area contributed by atoms with E-state index in [0.29, 0.717) is 0 Å². The van der Waals surface area contributed by atoms with Gasteiger partial charge in [-0.25, -0.2) is 0 Å². The highest BCUT2D eigenvalue weighted by atomic mass is 35.5. The number of halogens is 1. The molecule has 0 spiro atoms. The molecule has 1 heterocycles. The number of rotatable bonds is 5. The van der Waals surface area contributed by atoms with Crippen LogP contribution < -0.4 is 0 Å². The fraction of sp³-hybridized carbons (Fsp3) is 0.0909. The zero-order valence-corrected chi connectivity index (χ0v) is 16.4. The molecule has 3 aromatic carbocycles. The maximum Gasteiger partial charge on any atom is 0.196 e. The Bertz CT molecular complexity index is 1040. The summed E-state index contributed by atoms with van der Waals surface area (Å²) in [6, 6.07) is 26.5. The Kier molecular flexibility index (Phi) is 5.28. The van der Waals surface area contributed by atoms with Crippen molar-refractivity contribution in [1.29, 1.82) is 0 Å². The first-order valence-electron chi connectivity index (χ1n) is 8.66. The quantitative estimate of drug-likeness (QED) is 0.380. The van der Waals surface area contributed by atoms with Crippen LogP contribution in [0, 0.1) is 6.92 Å². The van der Waals surface area contributed by atoms with E-state index in [0.717, 1.165) is 38.6 Å². The number of aryl methyl sites for hydroxylation is 1. The Morgan fingerprint density at radius 1 is 0.889 bits per heavy atom. The normalized spacial score (nSPS) is 10.9. The van der Waals surface area contributed by atoms with E-state index < -0.39 is 0 Å². The number of hydrogen-bond acceptors (Lipinski definition) is 3. The third kappa shape index (κ3) is 4.07. The second kappa shape index (κ2) is 7.99. The molecular formula is C22H18ClN3S. The maximum atomic E-state index is 6.11. The third-order valence-electron chi connectivity index (χ3n) is 4.21. The molecule has 0 aliphatic carbocycles. The molecule has 0 fully saturated rings. The largest absolute Gasteiger partial charge is 0.270 e. The lowest BCUT2D eigenvalue weighted by atomic mass is 10.2. The topological polar surface area (TPSA) is 30.7 Å². The van der Waals surface area contributed by atoms with Gasteiger partial charge in [0.25, 0.3) is 0 Å². The van der Waals surface area contributed by atoms with E-state index in [2.05, 4.69) is 64.2 Å². The second-order valence-electron chi connectivity index (χ2n) is 6.26. The van der Waals surface area contributed by atoms with Crippen LogP contribution >= 0.6 is 23.4 Å². The van der Waals surface area contributed by atoms with Crippen molar-refractivity contribution < 1.29 is 0 Å². The average Bonchev–Trinajstić information content (AvgIpc) is 3.12. The highest BCUT2D eigenvalue weighted by molar-refractivity contribution is 7.98. The van der Waals surface area contributed by atoms with Crippen molar-refractivity contribution in [1.82, 2.24) is 14.8 Å². The summed E-state index contributed by atoms with van der Waals surface area (Å²) < 4.78 is 2.12. The van der Waals surface area contributed by atoms with E-state index >= 15 is 0 Å².